The van der Waals surface area contributed by atoms with Crippen molar-refractivity contribution in [2.24, 2.45) is 0 Å². The summed E-state index contributed by atoms with van der Waals surface area (Å²) in [7, 11) is 0. The zero-order chi connectivity index (χ0) is 11.7. The number of rotatable bonds is 2. The molecule has 0 spiro atoms. The average molecular weight is 222 g/mol. The van der Waals surface area contributed by atoms with Crippen LogP contribution in [0.5, 0.6) is 0 Å². The first-order chi connectivity index (χ1) is 7.59. The molecule has 0 fully saturated rings. The zero-order valence-corrected chi connectivity index (χ0v) is 9.36. The monoisotopic (exact) mass is 222 g/mol. The van der Waals surface area contributed by atoms with Crippen LogP contribution in [0.2, 0.25) is 0 Å². The van der Waals surface area contributed by atoms with Gasteiger partial charge in [0.1, 0.15) is 5.82 Å². The van der Waals surface area contributed by atoms with Crippen molar-refractivity contribution in [1.29, 1.82) is 0 Å². The standard InChI is InChI=1S/C11H14N2O3/c1-6(2)10-12-8-3-4-16-5-7(8)9(13-10)11(14)15/h6H,3-5H2,1-2H3,(H,14,15). The second-order valence-electron chi connectivity index (χ2n) is 4.12. The summed E-state index contributed by atoms with van der Waals surface area (Å²) < 4.78 is 5.24. The number of hydrogen-bond donors (Lipinski definition) is 1. The SMILES string of the molecule is CC(C)c1nc2c(c(C(=O)O)n1)COCC2. The fraction of sp³-hybridized carbons (Fsp3) is 0.545. The highest BCUT2D eigenvalue weighted by atomic mass is 16.5. The molecule has 0 bridgehead atoms. The maximum atomic E-state index is 11.1. The van der Waals surface area contributed by atoms with Crippen LogP contribution in [0.4, 0.5) is 0 Å². The summed E-state index contributed by atoms with van der Waals surface area (Å²) in [6.45, 7) is 4.80. The third-order valence-electron chi connectivity index (χ3n) is 2.56. The van der Waals surface area contributed by atoms with Gasteiger partial charge in [-0.15, -0.1) is 0 Å². The maximum absolute atomic E-state index is 11.1. The molecule has 2 heterocycles. The van der Waals surface area contributed by atoms with Crippen LogP contribution in [-0.2, 0) is 17.8 Å². The van der Waals surface area contributed by atoms with E-state index in [-0.39, 0.29) is 11.6 Å². The first-order valence-electron chi connectivity index (χ1n) is 5.30. The lowest BCUT2D eigenvalue weighted by molar-refractivity contribution is 0.0671. The third-order valence-corrected chi connectivity index (χ3v) is 2.56. The van der Waals surface area contributed by atoms with Crippen LogP contribution in [0.1, 0.15) is 47.3 Å². The molecule has 5 heteroatoms. The first-order valence-corrected chi connectivity index (χ1v) is 5.30. The molecule has 16 heavy (non-hydrogen) atoms. The normalized spacial score (nSPS) is 14.9. The highest BCUT2D eigenvalue weighted by Crippen LogP contribution is 2.21. The maximum Gasteiger partial charge on any atom is 0.355 e. The molecular formula is C11H14N2O3. The van der Waals surface area contributed by atoms with E-state index in [9.17, 15) is 4.79 Å². The summed E-state index contributed by atoms with van der Waals surface area (Å²) >= 11 is 0. The molecule has 1 N–H and O–H groups in total. The molecule has 0 unspecified atom stereocenters. The number of aromatic nitrogens is 2. The number of hydrogen-bond acceptors (Lipinski definition) is 4. The summed E-state index contributed by atoms with van der Waals surface area (Å²) in [6, 6.07) is 0. The molecule has 0 aromatic carbocycles. The Morgan fingerprint density at radius 3 is 2.81 bits per heavy atom. The lowest BCUT2D eigenvalue weighted by atomic mass is 10.1. The minimum atomic E-state index is -1.01. The van der Waals surface area contributed by atoms with Crippen molar-refractivity contribution in [3.05, 3.63) is 22.8 Å². The van der Waals surface area contributed by atoms with Gasteiger partial charge in [0.2, 0.25) is 0 Å². The van der Waals surface area contributed by atoms with Crippen LogP contribution in [0.3, 0.4) is 0 Å². The van der Waals surface area contributed by atoms with Crippen LogP contribution in [0.15, 0.2) is 0 Å². The summed E-state index contributed by atoms with van der Waals surface area (Å²) in [6.07, 6.45) is 0.665. The second-order valence-corrected chi connectivity index (χ2v) is 4.12. The van der Waals surface area contributed by atoms with Gasteiger partial charge < -0.3 is 9.84 Å². The van der Waals surface area contributed by atoms with Gasteiger partial charge in [-0.05, 0) is 0 Å². The molecule has 0 saturated carbocycles. The lowest BCUT2D eigenvalue weighted by Gasteiger charge is -2.18. The van der Waals surface area contributed by atoms with Crippen molar-refractivity contribution in [3.8, 4) is 0 Å². The van der Waals surface area contributed by atoms with Gasteiger partial charge in [0.15, 0.2) is 5.69 Å². The van der Waals surface area contributed by atoms with Gasteiger partial charge in [0.25, 0.3) is 0 Å². The average Bonchev–Trinajstić information content (AvgIpc) is 2.27. The van der Waals surface area contributed by atoms with E-state index in [1.165, 1.54) is 0 Å². The third kappa shape index (κ3) is 1.90. The lowest BCUT2D eigenvalue weighted by Crippen LogP contribution is -2.20. The summed E-state index contributed by atoms with van der Waals surface area (Å²) in [5.74, 6) is -0.282. The number of fused-ring (bicyclic) bond motifs is 1. The Hall–Kier alpha value is -1.49. The van der Waals surface area contributed by atoms with Crippen LogP contribution >= 0.6 is 0 Å². The zero-order valence-electron chi connectivity index (χ0n) is 9.36. The van der Waals surface area contributed by atoms with Crippen molar-refractivity contribution >= 4 is 5.97 Å². The van der Waals surface area contributed by atoms with E-state index < -0.39 is 5.97 Å². The van der Waals surface area contributed by atoms with E-state index in [2.05, 4.69) is 9.97 Å². The molecule has 1 aromatic heterocycles. The molecule has 1 aromatic rings. The summed E-state index contributed by atoms with van der Waals surface area (Å²) in [5.41, 5.74) is 1.54. The van der Waals surface area contributed by atoms with Crippen LogP contribution in [-0.4, -0.2) is 27.7 Å². The first kappa shape index (κ1) is 11.0. The minimum absolute atomic E-state index is 0.0911. The number of carboxylic acids is 1. The molecule has 0 radical (unpaired) electrons. The van der Waals surface area contributed by atoms with Crippen molar-refractivity contribution in [2.75, 3.05) is 6.61 Å². The van der Waals surface area contributed by atoms with E-state index in [1.54, 1.807) is 0 Å². The smallest absolute Gasteiger partial charge is 0.355 e. The largest absolute Gasteiger partial charge is 0.476 e. The van der Waals surface area contributed by atoms with Gasteiger partial charge in [-0.25, -0.2) is 14.8 Å². The number of carboxylic acid groups (broad SMARTS) is 1. The highest BCUT2D eigenvalue weighted by molar-refractivity contribution is 5.87. The van der Waals surface area contributed by atoms with E-state index in [0.717, 1.165) is 5.69 Å². The van der Waals surface area contributed by atoms with Crippen molar-refractivity contribution < 1.29 is 14.6 Å². The van der Waals surface area contributed by atoms with E-state index in [1.807, 2.05) is 13.8 Å². The molecule has 0 atom stereocenters. The Balaban J connectivity index is 2.56. The Kier molecular flexibility index (Phi) is 2.87. The summed E-state index contributed by atoms with van der Waals surface area (Å²) in [4.78, 5) is 19.6. The Bertz CT molecular complexity index is 429. The fourth-order valence-corrected chi connectivity index (χ4v) is 1.69. The van der Waals surface area contributed by atoms with Gasteiger partial charge in [-0.1, -0.05) is 13.8 Å². The van der Waals surface area contributed by atoms with Gasteiger partial charge in [-0.2, -0.15) is 0 Å². The molecular weight excluding hydrogens is 208 g/mol. The van der Waals surface area contributed by atoms with Gasteiger partial charge in [0, 0.05) is 17.9 Å². The van der Waals surface area contributed by atoms with Crippen molar-refractivity contribution in [1.82, 2.24) is 9.97 Å². The van der Waals surface area contributed by atoms with E-state index >= 15 is 0 Å². The predicted octanol–water partition coefficient (Wildman–Crippen LogP) is 1.37. The van der Waals surface area contributed by atoms with E-state index in [0.29, 0.717) is 31.0 Å². The number of nitrogens with zero attached hydrogens (tertiary/aromatic N) is 2. The van der Waals surface area contributed by atoms with Gasteiger partial charge in [0.05, 0.1) is 18.9 Å². The predicted molar refractivity (Wildman–Crippen MR) is 56.4 cm³/mol. The summed E-state index contributed by atoms with van der Waals surface area (Å²) in [5, 5.41) is 9.10. The second kappa shape index (κ2) is 4.17. The molecule has 5 nitrogen and oxygen atoms in total. The number of ether oxygens (including phenoxy) is 1. The molecule has 0 amide bonds. The van der Waals surface area contributed by atoms with Crippen LogP contribution in [0.25, 0.3) is 0 Å². The highest BCUT2D eigenvalue weighted by Gasteiger charge is 2.22. The number of carbonyl (C=O) groups is 1. The Labute approximate surface area is 93.5 Å². The fourth-order valence-electron chi connectivity index (χ4n) is 1.69. The van der Waals surface area contributed by atoms with E-state index in [4.69, 9.17) is 9.84 Å². The minimum Gasteiger partial charge on any atom is -0.476 e. The van der Waals surface area contributed by atoms with Gasteiger partial charge in [-0.3, -0.25) is 0 Å². The molecule has 2 rings (SSSR count). The molecule has 0 aliphatic carbocycles. The van der Waals surface area contributed by atoms with Crippen molar-refractivity contribution in [2.45, 2.75) is 32.8 Å². The Morgan fingerprint density at radius 1 is 1.44 bits per heavy atom. The quantitative estimate of drug-likeness (QED) is 0.818. The van der Waals surface area contributed by atoms with Gasteiger partial charge >= 0.3 is 5.97 Å². The molecule has 1 aliphatic rings. The van der Waals surface area contributed by atoms with Crippen LogP contribution < -0.4 is 0 Å². The van der Waals surface area contributed by atoms with Crippen molar-refractivity contribution in [3.63, 3.8) is 0 Å². The molecule has 0 saturated heterocycles. The van der Waals surface area contributed by atoms with Crippen LogP contribution in [0, 0.1) is 0 Å². The molecule has 1 aliphatic heterocycles. The number of aromatic carboxylic acids is 1. The Morgan fingerprint density at radius 2 is 2.19 bits per heavy atom. The topological polar surface area (TPSA) is 72.3 Å². The molecule has 86 valence electrons.